The average Bonchev–Trinajstić information content (AvgIpc) is 2.91. The Bertz CT molecular complexity index is 551. The van der Waals surface area contributed by atoms with Crippen molar-refractivity contribution in [3.05, 3.63) is 28.8 Å². The highest BCUT2D eigenvalue weighted by molar-refractivity contribution is 5.47. The largest absolute Gasteiger partial charge is 0.496 e. The van der Waals surface area contributed by atoms with E-state index in [0.29, 0.717) is 6.04 Å². The molecule has 4 rings (SSSR count). The van der Waals surface area contributed by atoms with Crippen LogP contribution < -0.4 is 10.1 Å². The zero-order valence-corrected chi connectivity index (χ0v) is 13.6. The molecule has 0 amide bonds. The minimum absolute atomic E-state index is 0.470. The Hall–Kier alpha value is -1.02. The Morgan fingerprint density at radius 2 is 1.81 bits per heavy atom. The second-order valence-electron chi connectivity index (χ2n) is 7.46. The van der Waals surface area contributed by atoms with E-state index in [2.05, 4.69) is 38.3 Å². The molecule has 0 spiro atoms. The molecule has 114 valence electrons. The zero-order valence-electron chi connectivity index (χ0n) is 13.6. The number of ether oxygens (including phenoxy) is 1. The predicted octanol–water partition coefficient (Wildman–Crippen LogP) is 3.86. The van der Waals surface area contributed by atoms with Crippen LogP contribution in [0.2, 0.25) is 0 Å². The number of aryl methyl sites for hydroxylation is 1. The first-order valence-electron chi connectivity index (χ1n) is 8.48. The summed E-state index contributed by atoms with van der Waals surface area (Å²) >= 11 is 0. The lowest BCUT2D eigenvalue weighted by molar-refractivity contribution is 0.361. The molecule has 0 aromatic heterocycles. The first-order chi connectivity index (χ1) is 10.2. The third-order valence-corrected chi connectivity index (χ3v) is 6.74. The molecule has 3 saturated carbocycles. The predicted molar refractivity (Wildman–Crippen MR) is 85.6 cm³/mol. The minimum atomic E-state index is 0.470. The van der Waals surface area contributed by atoms with Gasteiger partial charge < -0.3 is 10.1 Å². The van der Waals surface area contributed by atoms with Crippen LogP contribution in [0.4, 0.5) is 0 Å². The molecular formula is C19H27NO. The molecule has 1 N–H and O–H groups in total. The average molecular weight is 285 g/mol. The van der Waals surface area contributed by atoms with Crippen LogP contribution in [0.25, 0.3) is 0 Å². The highest BCUT2D eigenvalue weighted by atomic mass is 16.5. The SMILES string of the molecule is CNC(c1ccc(C)c(C)c1OC)C1C2C3CCC(C3)C21. The maximum Gasteiger partial charge on any atom is 0.126 e. The zero-order chi connectivity index (χ0) is 14.7. The van der Waals surface area contributed by atoms with Gasteiger partial charge in [0.05, 0.1) is 7.11 Å². The van der Waals surface area contributed by atoms with E-state index in [1.807, 2.05) is 7.11 Å². The standard InChI is InChI=1S/C19H27NO/c1-10-5-8-14(19(21-4)11(10)2)18(20-3)17-15-12-6-7-13(9-12)16(15)17/h5,8,12-13,15-18,20H,6-7,9H2,1-4H3. The Morgan fingerprint density at radius 3 is 2.38 bits per heavy atom. The first kappa shape index (κ1) is 13.6. The lowest BCUT2D eigenvalue weighted by Gasteiger charge is -2.24. The smallest absolute Gasteiger partial charge is 0.126 e. The summed E-state index contributed by atoms with van der Waals surface area (Å²) in [6, 6.07) is 5.01. The van der Waals surface area contributed by atoms with Gasteiger partial charge in [0.1, 0.15) is 5.75 Å². The molecule has 0 saturated heterocycles. The van der Waals surface area contributed by atoms with Crippen LogP contribution in [-0.4, -0.2) is 14.2 Å². The summed E-state index contributed by atoms with van der Waals surface area (Å²) in [6.07, 6.45) is 4.50. The molecule has 0 aliphatic heterocycles. The van der Waals surface area contributed by atoms with Crippen molar-refractivity contribution < 1.29 is 4.74 Å². The highest BCUT2D eigenvalue weighted by Gasteiger charge is 2.66. The molecule has 1 aromatic rings. The monoisotopic (exact) mass is 285 g/mol. The summed E-state index contributed by atoms with van der Waals surface area (Å²) in [7, 11) is 3.94. The maximum absolute atomic E-state index is 5.77. The summed E-state index contributed by atoms with van der Waals surface area (Å²) in [4.78, 5) is 0. The van der Waals surface area contributed by atoms with Crippen LogP contribution in [0.1, 0.15) is 42.0 Å². The molecule has 5 atom stereocenters. The van der Waals surface area contributed by atoms with E-state index >= 15 is 0 Å². The summed E-state index contributed by atoms with van der Waals surface area (Å²) < 4.78 is 5.77. The van der Waals surface area contributed by atoms with Gasteiger partial charge >= 0.3 is 0 Å². The van der Waals surface area contributed by atoms with E-state index in [1.165, 1.54) is 36.0 Å². The fourth-order valence-corrected chi connectivity index (χ4v) is 5.72. The lowest BCUT2D eigenvalue weighted by atomic mass is 9.90. The van der Waals surface area contributed by atoms with Gasteiger partial charge in [0.15, 0.2) is 0 Å². The third kappa shape index (κ3) is 1.81. The van der Waals surface area contributed by atoms with Gasteiger partial charge in [-0.25, -0.2) is 0 Å². The van der Waals surface area contributed by atoms with E-state index in [9.17, 15) is 0 Å². The van der Waals surface area contributed by atoms with Crippen LogP contribution in [0.3, 0.4) is 0 Å². The van der Waals surface area contributed by atoms with Gasteiger partial charge in [-0.15, -0.1) is 0 Å². The number of nitrogens with one attached hydrogen (secondary N) is 1. The maximum atomic E-state index is 5.77. The first-order valence-corrected chi connectivity index (χ1v) is 8.48. The van der Waals surface area contributed by atoms with Gasteiger partial charge in [0.2, 0.25) is 0 Å². The lowest BCUT2D eigenvalue weighted by Crippen LogP contribution is -2.23. The van der Waals surface area contributed by atoms with Gasteiger partial charge in [-0.2, -0.15) is 0 Å². The van der Waals surface area contributed by atoms with Crippen LogP contribution in [-0.2, 0) is 0 Å². The second-order valence-corrected chi connectivity index (χ2v) is 7.46. The molecule has 2 heteroatoms. The fourth-order valence-electron chi connectivity index (χ4n) is 5.72. The molecular weight excluding hydrogens is 258 g/mol. The summed E-state index contributed by atoms with van der Waals surface area (Å²) in [5.41, 5.74) is 3.99. The van der Waals surface area contributed by atoms with Gasteiger partial charge in [-0.1, -0.05) is 12.1 Å². The van der Waals surface area contributed by atoms with Crippen molar-refractivity contribution in [3.63, 3.8) is 0 Å². The van der Waals surface area contributed by atoms with Crippen molar-refractivity contribution in [3.8, 4) is 5.75 Å². The van der Waals surface area contributed by atoms with E-state index in [4.69, 9.17) is 4.74 Å². The van der Waals surface area contributed by atoms with Crippen molar-refractivity contribution in [2.24, 2.45) is 29.6 Å². The van der Waals surface area contributed by atoms with Gasteiger partial charge in [-0.3, -0.25) is 0 Å². The Kier molecular flexibility index (Phi) is 3.08. The van der Waals surface area contributed by atoms with Crippen molar-refractivity contribution >= 4 is 0 Å². The molecule has 5 unspecified atom stereocenters. The Morgan fingerprint density at radius 1 is 1.14 bits per heavy atom. The molecule has 3 aliphatic rings. The molecule has 3 fully saturated rings. The number of benzene rings is 1. The molecule has 1 aromatic carbocycles. The van der Waals surface area contributed by atoms with Crippen LogP contribution in [0.15, 0.2) is 12.1 Å². The fraction of sp³-hybridized carbons (Fsp3) is 0.684. The van der Waals surface area contributed by atoms with E-state index in [-0.39, 0.29) is 0 Å². The number of fused-ring (bicyclic) bond motifs is 5. The number of hydrogen-bond donors (Lipinski definition) is 1. The minimum Gasteiger partial charge on any atom is -0.496 e. The molecule has 0 radical (unpaired) electrons. The topological polar surface area (TPSA) is 21.3 Å². The van der Waals surface area contributed by atoms with E-state index < -0.39 is 0 Å². The van der Waals surface area contributed by atoms with Gasteiger partial charge in [0.25, 0.3) is 0 Å². The van der Waals surface area contributed by atoms with Crippen LogP contribution in [0, 0.1) is 43.4 Å². The van der Waals surface area contributed by atoms with Crippen molar-refractivity contribution in [2.75, 3.05) is 14.2 Å². The van der Waals surface area contributed by atoms with Gasteiger partial charge in [-0.05, 0) is 80.9 Å². The normalized spacial score (nSPS) is 37.4. The van der Waals surface area contributed by atoms with E-state index in [1.54, 1.807) is 0 Å². The molecule has 2 bridgehead atoms. The second kappa shape index (κ2) is 4.74. The molecule has 0 heterocycles. The number of rotatable bonds is 4. The summed E-state index contributed by atoms with van der Waals surface area (Å²) in [5.74, 6) is 5.99. The third-order valence-electron chi connectivity index (χ3n) is 6.74. The summed E-state index contributed by atoms with van der Waals surface area (Å²) in [5, 5.41) is 3.62. The highest BCUT2D eigenvalue weighted by Crippen LogP contribution is 2.72. The van der Waals surface area contributed by atoms with Crippen LogP contribution in [0.5, 0.6) is 5.75 Å². The Balaban J connectivity index is 1.67. The van der Waals surface area contributed by atoms with Crippen molar-refractivity contribution in [2.45, 2.75) is 39.2 Å². The Labute approximate surface area is 128 Å². The van der Waals surface area contributed by atoms with Crippen molar-refractivity contribution in [1.82, 2.24) is 5.32 Å². The summed E-state index contributed by atoms with van der Waals surface area (Å²) in [6.45, 7) is 4.35. The molecule has 21 heavy (non-hydrogen) atoms. The molecule has 3 aliphatic carbocycles. The number of hydrogen-bond acceptors (Lipinski definition) is 2. The van der Waals surface area contributed by atoms with E-state index in [0.717, 1.165) is 35.3 Å². The van der Waals surface area contributed by atoms with Gasteiger partial charge in [0, 0.05) is 11.6 Å². The number of methoxy groups -OCH3 is 1. The quantitative estimate of drug-likeness (QED) is 0.907. The van der Waals surface area contributed by atoms with Crippen molar-refractivity contribution in [1.29, 1.82) is 0 Å². The molecule has 2 nitrogen and oxygen atoms in total. The van der Waals surface area contributed by atoms with Crippen LogP contribution >= 0.6 is 0 Å².